The van der Waals surface area contributed by atoms with Crippen molar-refractivity contribution in [2.24, 2.45) is 0 Å². The Balaban J connectivity index is 1.81. The lowest BCUT2D eigenvalue weighted by Gasteiger charge is -2.20. The fourth-order valence-corrected chi connectivity index (χ4v) is 4.74. The lowest BCUT2D eigenvalue weighted by atomic mass is 10.0. The number of aliphatic hydroxyl groups excluding tert-OH is 3. The van der Waals surface area contributed by atoms with Crippen LogP contribution in [0.3, 0.4) is 0 Å². The summed E-state index contributed by atoms with van der Waals surface area (Å²) in [5.74, 6) is -0.334. The molecule has 0 saturated carbocycles. The molecule has 6 nitrogen and oxygen atoms in total. The number of rotatable bonds is 23. The molecule has 4 atom stereocenters. The van der Waals surface area contributed by atoms with Crippen molar-refractivity contribution in [2.75, 3.05) is 13.2 Å². The van der Waals surface area contributed by atoms with Crippen LogP contribution in [0.1, 0.15) is 135 Å². The first kappa shape index (κ1) is 31.3. The maximum absolute atomic E-state index is 12.0. The average Bonchev–Trinajstić information content (AvgIpc) is 3.19. The summed E-state index contributed by atoms with van der Waals surface area (Å²) in [4.78, 5) is 12.0. The van der Waals surface area contributed by atoms with E-state index >= 15 is 0 Å². The van der Waals surface area contributed by atoms with Crippen molar-refractivity contribution >= 4 is 5.97 Å². The van der Waals surface area contributed by atoms with Crippen LogP contribution in [0.15, 0.2) is 0 Å². The van der Waals surface area contributed by atoms with Crippen molar-refractivity contribution in [3.63, 3.8) is 0 Å². The first-order valence-electron chi connectivity index (χ1n) is 14.4. The molecule has 1 fully saturated rings. The Hall–Kier alpha value is -0.690. The second-order valence-corrected chi connectivity index (χ2v) is 10.2. The first-order chi connectivity index (χ1) is 16.6. The molecule has 1 aliphatic rings. The summed E-state index contributed by atoms with van der Waals surface area (Å²) in [6.07, 6.45) is 21.4. The van der Waals surface area contributed by atoms with Crippen LogP contribution in [-0.4, -0.2) is 58.9 Å². The number of carbonyl (C=O) groups is 1. The van der Waals surface area contributed by atoms with Crippen LogP contribution in [0.5, 0.6) is 0 Å². The summed E-state index contributed by atoms with van der Waals surface area (Å²) in [5.41, 5.74) is 0. The van der Waals surface area contributed by atoms with Gasteiger partial charge in [0.15, 0.2) is 6.10 Å². The summed E-state index contributed by atoms with van der Waals surface area (Å²) in [7, 11) is 0. The first-order valence-corrected chi connectivity index (χ1v) is 14.4. The molecule has 0 spiro atoms. The van der Waals surface area contributed by atoms with Crippen LogP contribution in [0.25, 0.3) is 0 Å². The SMILES string of the molecule is CCCCCCCCCCCCCCCCCCCCCC(=O)O[C@@H]1CO[C@H]([C@H](O)CO)[C@@H]1O. The number of carbonyl (C=O) groups excluding carboxylic acids is 1. The van der Waals surface area contributed by atoms with Gasteiger partial charge in [-0.2, -0.15) is 0 Å². The Morgan fingerprint density at radius 1 is 0.794 bits per heavy atom. The van der Waals surface area contributed by atoms with Gasteiger partial charge in [0, 0.05) is 6.42 Å². The molecule has 34 heavy (non-hydrogen) atoms. The van der Waals surface area contributed by atoms with E-state index in [0.717, 1.165) is 19.3 Å². The quantitative estimate of drug-likeness (QED) is 0.124. The highest BCUT2D eigenvalue weighted by Crippen LogP contribution is 2.21. The van der Waals surface area contributed by atoms with E-state index < -0.39 is 31.0 Å². The van der Waals surface area contributed by atoms with E-state index in [1.165, 1.54) is 103 Å². The molecule has 1 heterocycles. The van der Waals surface area contributed by atoms with Gasteiger partial charge in [0.25, 0.3) is 0 Å². The lowest BCUT2D eigenvalue weighted by Crippen LogP contribution is -2.41. The summed E-state index contributed by atoms with van der Waals surface area (Å²) in [6, 6.07) is 0. The summed E-state index contributed by atoms with van der Waals surface area (Å²) < 4.78 is 10.5. The Bertz CT molecular complexity index is 472. The Labute approximate surface area is 208 Å². The lowest BCUT2D eigenvalue weighted by molar-refractivity contribution is -0.153. The fraction of sp³-hybridized carbons (Fsp3) is 0.964. The van der Waals surface area contributed by atoms with Crippen LogP contribution >= 0.6 is 0 Å². The predicted octanol–water partition coefficient (Wildman–Crippen LogP) is 5.83. The highest BCUT2D eigenvalue weighted by Gasteiger charge is 2.42. The largest absolute Gasteiger partial charge is 0.457 e. The van der Waals surface area contributed by atoms with Gasteiger partial charge in [-0.15, -0.1) is 0 Å². The smallest absolute Gasteiger partial charge is 0.306 e. The standard InChI is InChI=1S/C28H54O6/c1-2-3-4-5-6-7-8-9-10-11-12-13-14-15-16-17-18-19-20-21-26(31)34-25-23-33-28(27(25)32)24(30)22-29/h24-25,27-30,32H,2-23H2,1H3/t24-,25-,27-,28-/m1/s1. The van der Waals surface area contributed by atoms with Crippen molar-refractivity contribution in [2.45, 2.75) is 160 Å². The molecule has 0 unspecified atom stereocenters. The van der Waals surface area contributed by atoms with Gasteiger partial charge in [0.05, 0.1) is 13.2 Å². The van der Waals surface area contributed by atoms with Gasteiger partial charge in [0.1, 0.15) is 18.3 Å². The van der Waals surface area contributed by atoms with E-state index in [4.69, 9.17) is 14.6 Å². The molecule has 0 amide bonds. The highest BCUT2D eigenvalue weighted by molar-refractivity contribution is 5.69. The van der Waals surface area contributed by atoms with Gasteiger partial charge in [0.2, 0.25) is 0 Å². The minimum absolute atomic E-state index is 0.0494. The number of aliphatic hydroxyl groups is 3. The van der Waals surface area contributed by atoms with Gasteiger partial charge in [-0.05, 0) is 6.42 Å². The minimum Gasteiger partial charge on any atom is -0.457 e. The molecule has 1 rings (SSSR count). The molecule has 0 aliphatic carbocycles. The molecular weight excluding hydrogens is 432 g/mol. The zero-order valence-corrected chi connectivity index (χ0v) is 21.9. The number of unbranched alkanes of at least 4 members (excludes halogenated alkanes) is 18. The molecule has 3 N–H and O–H groups in total. The van der Waals surface area contributed by atoms with Crippen molar-refractivity contribution < 1.29 is 29.6 Å². The van der Waals surface area contributed by atoms with Crippen LogP contribution < -0.4 is 0 Å². The highest BCUT2D eigenvalue weighted by atomic mass is 16.6. The van der Waals surface area contributed by atoms with E-state index in [0.29, 0.717) is 6.42 Å². The number of esters is 1. The Kier molecular flexibility index (Phi) is 19.9. The maximum Gasteiger partial charge on any atom is 0.306 e. The van der Waals surface area contributed by atoms with E-state index in [9.17, 15) is 15.0 Å². The zero-order valence-electron chi connectivity index (χ0n) is 21.9. The third-order valence-corrected chi connectivity index (χ3v) is 7.00. The van der Waals surface area contributed by atoms with Gasteiger partial charge >= 0.3 is 5.97 Å². The van der Waals surface area contributed by atoms with E-state index in [1.54, 1.807) is 0 Å². The monoisotopic (exact) mass is 486 g/mol. The summed E-state index contributed by atoms with van der Waals surface area (Å²) in [6.45, 7) is 1.83. The van der Waals surface area contributed by atoms with Gasteiger partial charge in [-0.1, -0.05) is 122 Å². The second-order valence-electron chi connectivity index (χ2n) is 10.2. The molecule has 6 heteroatoms. The number of ether oxygens (including phenoxy) is 2. The van der Waals surface area contributed by atoms with Crippen molar-refractivity contribution in [3.8, 4) is 0 Å². The number of hydrogen-bond acceptors (Lipinski definition) is 6. The molecule has 1 aliphatic heterocycles. The van der Waals surface area contributed by atoms with Gasteiger partial charge < -0.3 is 24.8 Å². The molecule has 0 aromatic carbocycles. The molecule has 0 aromatic rings. The number of hydrogen-bond donors (Lipinski definition) is 3. The van der Waals surface area contributed by atoms with Crippen molar-refractivity contribution in [1.29, 1.82) is 0 Å². The molecule has 0 bridgehead atoms. The van der Waals surface area contributed by atoms with E-state index in [-0.39, 0.29) is 12.6 Å². The summed E-state index contributed by atoms with van der Waals surface area (Å²) >= 11 is 0. The van der Waals surface area contributed by atoms with Crippen molar-refractivity contribution in [3.05, 3.63) is 0 Å². The molecule has 1 saturated heterocycles. The van der Waals surface area contributed by atoms with Crippen molar-refractivity contribution in [1.82, 2.24) is 0 Å². The maximum atomic E-state index is 12.0. The third kappa shape index (κ3) is 15.3. The topological polar surface area (TPSA) is 96.2 Å². The Morgan fingerprint density at radius 3 is 1.62 bits per heavy atom. The summed E-state index contributed by atoms with van der Waals surface area (Å²) in [5, 5.41) is 28.6. The van der Waals surface area contributed by atoms with Gasteiger partial charge in [-0.25, -0.2) is 0 Å². The normalized spacial score (nSPS) is 21.1. The van der Waals surface area contributed by atoms with Gasteiger partial charge in [-0.3, -0.25) is 4.79 Å². The molecule has 0 radical (unpaired) electrons. The average molecular weight is 487 g/mol. The molecular formula is C28H54O6. The van der Waals surface area contributed by atoms with Crippen LogP contribution in [0.4, 0.5) is 0 Å². The minimum atomic E-state index is -1.17. The fourth-order valence-electron chi connectivity index (χ4n) is 4.74. The third-order valence-electron chi connectivity index (χ3n) is 7.00. The van der Waals surface area contributed by atoms with E-state index in [1.807, 2.05) is 0 Å². The van der Waals surface area contributed by atoms with E-state index in [2.05, 4.69) is 6.92 Å². The zero-order chi connectivity index (χ0) is 24.9. The Morgan fingerprint density at radius 2 is 1.21 bits per heavy atom. The predicted molar refractivity (Wildman–Crippen MR) is 137 cm³/mol. The molecule has 202 valence electrons. The second kappa shape index (κ2) is 21.6. The van der Waals surface area contributed by atoms with Crippen LogP contribution in [0.2, 0.25) is 0 Å². The molecule has 0 aromatic heterocycles. The van der Waals surface area contributed by atoms with Crippen LogP contribution in [0, 0.1) is 0 Å². The van der Waals surface area contributed by atoms with Crippen LogP contribution in [-0.2, 0) is 14.3 Å².